The number of ether oxygens (including phenoxy) is 2. The van der Waals surface area contributed by atoms with Gasteiger partial charge in [-0.05, 0) is 0 Å². The predicted octanol–water partition coefficient (Wildman–Crippen LogP) is 0.442. The summed E-state index contributed by atoms with van der Waals surface area (Å²) in [5, 5.41) is 0. The summed E-state index contributed by atoms with van der Waals surface area (Å²) in [6, 6.07) is 0. The van der Waals surface area contributed by atoms with E-state index in [0.717, 1.165) is 6.29 Å². The molecule has 0 aliphatic rings. The molecule has 3 heteroatoms. The molecular formula is C6H12O3. The third kappa shape index (κ3) is 5.46. The van der Waals surface area contributed by atoms with Crippen molar-refractivity contribution in [3.63, 3.8) is 0 Å². The van der Waals surface area contributed by atoms with E-state index in [9.17, 15) is 4.79 Å². The smallest absolute Gasteiger partial charge is 0.146 e. The fraction of sp³-hybridized carbons (Fsp3) is 0.833. The van der Waals surface area contributed by atoms with Gasteiger partial charge in [0.2, 0.25) is 0 Å². The Labute approximate surface area is 55.0 Å². The molecule has 0 saturated heterocycles. The maximum atomic E-state index is 9.98. The highest BCUT2D eigenvalue weighted by atomic mass is 16.7. The van der Waals surface area contributed by atoms with Crippen LogP contribution in [-0.4, -0.2) is 26.8 Å². The summed E-state index contributed by atoms with van der Waals surface area (Å²) in [6.07, 6.45) is 0.857. The highest BCUT2D eigenvalue weighted by molar-refractivity contribution is 5.52. The van der Waals surface area contributed by atoms with Crippen LogP contribution in [0.3, 0.4) is 0 Å². The van der Waals surface area contributed by atoms with Crippen molar-refractivity contribution in [3.8, 4) is 0 Å². The van der Waals surface area contributed by atoms with E-state index >= 15 is 0 Å². The van der Waals surface area contributed by atoms with Crippen LogP contribution in [0, 0.1) is 5.92 Å². The van der Waals surface area contributed by atoms with Crippen molar-refractivity contribution < 1.29 is 14.3 Å². The molecule has 0 fully saturated rings. The van der Waals surface area contributed by atoms with Gasteiger partial charge in [-0.1, -0.05) is 6.92 Å². The number of aldehydes is 1. The van der Waals surface area contributed by atoms with Gasteiger partial charge in [0.15, 0.2) is 0 Å². The Morgan fingerprint density at radius 1 is 1.67 bits per heavy atom. The van der Waals surface area contributed by atoms with E-state index < -0.39 is 0 Å². The maximum Gasteiger partial charge on any atom is 0.146 e. The molecule has 0 aromatic rings. The highest BCUT2D eigenvalue weighted by Crippen LogP contribution is 1.89. The normalized spacial score (nSPS) is 13.1. The SMILES string of the molecule is COCOC[C@H](C)C=O. The fourth-order valence-electron chi connectivity index (χ4n) is 0.357. The lowest BCUT2D eigenvalue weighted by Crippen LogP contribution is -2.08. The summed E-state index contributed by atoms with van der Waals surface area (Å²) >= 11 is 0. The van der Waals surface area contributed by atoms with Gasteiger partial charge in [-0.25, -0.2) is 0 Å². The number of carbonyl (C=O) groups excluding carboxylic acids is 1. The zero-order valence-corrected chi connectivity index (χ0v) is 5.79. The summed E-state index contributed by atoms with van der Waals surface area (Å²) < 4.78 is 9.48. The molecule has 0 aromatic carbocycles. The van der Waals surface area contributed by atoms with E-state index in [1.54, 1.807) is 14.0 Å². The third-order valence-corrected chi connectivity index (χ3v) is 0.814. The second kappa shape index (κ2) is 5.72. The van der Waals surface area contributed by atoms with Crippen molar-refractivity contribution in [1.29, 1.82) is 0 Å². The molecule has 0 aliphatic heterocycles. The van der Waals surface area contributed by atoms with Gasteiger partial charge in [0.25, 0.3) is 0 Å². The summed E-state index contributed by atoms with van der Waals surface area (Å²) in [4.78, 5) is 9.98. The molecule has 0 saturated carbocycles. The molecule has 3 nitrogen and oxygen atoms in total. The number of hydrogen-bond acceptors (Lipinski definition) is 3. The Kier molecular flexibility index (Phi) is 5.46. The summed E-state index contributed by atoms with van der Waals surface area (Å²) in [5.74, 6) is -0.0276. The molecule has 0 bridgehead atoms. The Hall–Kier alpha value is -0.410. The van der Waals surface area contributed by atoms with Gasteiger partial charge < -0.3 is 14.3 Å². The molecule has 0 heterocycles. The summed E-state index contributed by atoms with van der Waals surface area (Å²) in [6.45, 7) is 2.50. The Bertz CT molecular complexity index is 72.7. The van der Waals surface area contributed by atoms with E-state index in [0.29, 0.717) is 6.61 Å². The van der Waals surface area contributed by atoms with Crippen molar-refractivity contribution in [2.45, 2.75) is 6.92 Å². The number of carbonyl (C=O) groups is 1. The third-order valence-electron chi connectivity index (χ3n) is 0.814. The Morgan fingerprint density at radius 3 is 2.78 bits per heavy atom. The first kappa shape index (κ1) is 8.59. The summed E-state index contributed by atoms with van der Waals surface area (Å²) in [5.41, 5.74) is 0. The molecule has 0 N–H and O–H groups in total. The van der Waals surface area contributed by atoms with Crippen molar-refractivity contribution in [1.82, 2.24) is 0 Å². The van der Waals surface area contributed by atoms with Crippen molar-refractivity contribution in [2.75, 3.05) is 20.5 Å². The minimum Gasteiger partial charge on any atom is -0.359 e. The van der Waals surface area contributed by atoms with Crippen molar-refractivity contribution in [2.24, 2.45) is 5.92 Å². The second-order valence-electron chi connectivity index (χ2n) is 1.89. The maximum absolute atomic E-state index is 9.98. The Balaban J connectivity index is 2.96. The van der Waals surface area contributed by atoms with Crippen LogP contribution < -0.4 is 0 Å². The molecular weight excluding hydrogens is 120 g/mol. The molecule has 54 valence electrons. The summed E-state index contributed by atoms with van der Waals surface area (Å²) in [7, 11) is 1.55. The minimum atomic E-state index is -0.0276. The first-order chi connectivity index (χ1) is 4.31. The van der Waals surface area contributed by atoms with Crippen LogP contribution in [0.25, 0.3) is 0 Å². The quantitative estimate of drug-likeness (QED) is 0.309. The van der Waals surface area contributed by atoms with Gasteiger partial charge in [0, 0.05) is 13.0 Å². The average molecular weight is 132 g/mol. The largest absolute Gasteiger partial charge is 0.359 e. The molecule has 0 aliphatic carbocycles. The molecule has 0 amide bonds. The average Bonchev–Trinajstić information content (AvgIpc) is 1.89. The van der Waals surface area contributed by atoms with E-state index in [1.165, 1.54) is 0 Å². The first-order valence-corrected chi connectivity index (χ1v) is 2.83. The van der Waals surface area contributed by atoms with Gasteiger partial charge in [-0.3, -0.25) is 0 Å². The van der Waals surface area contributed by atoms with Gasteiger partial charge in [-0.2, -0.15) is 0 Å². The van der Waals surface area contributed by atoms with Crippen LogP contribution in [-0.2, 0) is 14.3 Å². The molecule has 9 heavy (non-hydrogen) atoms. The second-order valence-corrected chi connectivity index (χ2v) is 1.89. The predicted molar refractivity (Wildman–Crippen MR) is 33.1 cm³/mol. The lowest BCUT2D eigenvalue weighted by Gasteiger charge is -2.02. The van der Waals surface area contributed by atoms with E-state index in [4.69, 9.17) is 4.74 Å². The fourth-order valence-corrected chi connectivity index (χ4v) is 0.357. The van der Waals surface area contributed by atoms with Gasteiger partial charge in [0.1, 0.15) is 13.1 Å². The number of methoxy groups -OCH3 is 1. The molecule has 0 rings (SSSR count). The number of rotatable bonds is 5. The topological polar surface area (TPSA) is 35.5 Å². The van der Waals surface area contributed by atoms with Crippen LogP contribution >= 0.6 is 0 Å². The van der Waals surface area contributed by atoms with Gasteiger partial charge in [-0.15, -0.1) is 0 Å². The zero-order chi connectivity index (χ0) is 7.11. The van der Waals surface area contributed by atoms with E-state index in [2.05, 4.69) is 4.74 Å². The molecule has 0 spiro atoms. The van der Waals surface area contributed by atoms with Crippen LogP contribution in [0.15, 0.2) is 0 Å². The number of hydrogen-bond donors (Lipinski definition) is 0. The van der Waals surface area contributed by atoms with E-state index in [-0.39, 0.29) is 12.7 Å². The molecule has 0 radical (unpaired) electrons. The monoisotopic (exact) mass is 132 g/mol. The first-order valence-electron chi connectivity index (χ1n) is 2.83. The lowest BCUT2D eigenvalue weighted by molar-refractivity contribution is -0.114. The van der Waals surface area contributed by atoms with Crippen molar-refractivity contribution in [3.05, 3.63) is 0 Å². The van der Waals surface area contributed by atoms with Crippen molar-refractivity contribution >= 4 is 6.29 Å². The zero-order valence-electron chi connectivity index (χ0n) is 5.79. The highest BCUT2D eigenvalue weighted by Gasteiger charge is 1.96. The van der Waals surface area contributed by atoms with Crippen LogP contribution in [0.5, 0.6) is 0 Å². The minimum absolute atomic E-state index is 0.0276. The van der Waals surface area contributed by atoms with Gasteiger partial charge >= 0.3 is 0 Å². The molecule has 1 atom stereocenters. The standard InChI is InChI=1S/C6H12O3/c1-6(3-7)4-9-5-8-2/h3,6H,4-5H2,1-2H3/t6-/m1/s1. The molecule has 0 aromatic heterocycles. The lowest BCUT2D eigenvalue weighted by atomic mass is 10.2. The molecule has 0 unspecified atom stereocenters. The van der Waals surface area contributed by atoms with Gasteiger partial charge in [0.05, 0.1) is 6.61 Å². The van der Waals surface area contributed by atoms with Crippen LogP contribution in [0.2, 0.25) is 0 Å². The van der Waals surface area contributed by atoms with Crippen LogP contribution in [0.4, 0.5) is 0 Å². The Morgan fingerprint density at radius 2 is 2.33 bits per heavy atom. The van der Waals surface area contributed by atoms with Crippen LogP contribution in [0.1, 0.15) is 6.92 Å². The van der Waals surface area contributed by atoms with E-state index in [1.807, 2.05) is 0 Å².